The topological polar surface area (TPSA) is 36.4 Å². The van der Waals surface area contributed by atoms with E-state index in [0.717, 1.165) is 30.9 Å². The summed E-state index contributed by atoms with van der Waals surface area (Å²) >= 11 is 0. The van der Waals surface area contributed by atoms with Crippen molar-refractivity contribution in [2.45, 2.75) is 39.0 Å². The lowest BCUT2D eigenvalue weighted by atomic mass is 9.84. The minimum atomic E-state index is -0.193. The summed E-state index contributed by atoms with van der Waals surface area (Å²) in [5.41, 5.74) is 0.818. The van der Waals surface area contributed by atoms with Gasteiger partial charge in [0.1, 0.15) is 5.82 Å². The van der Waals surface area contributed by atoms with Crippen LogP contribution in [0.2, 0.25) is 0 Å². The fourth-order valence-electron chi connectivity index (χ4n) is 1.92. The highest BCUT2D eigenvalue weighted by Crippen LogP contribution is 2.22. The molecule has 0 bridgehead atoms. The van der Waals surface area contributed by atoms with Gasteiger partial charge in [-0.15, -0.1) is 0 Å². The fourth-order valence-corrected chi connectivity index (χ4v) is 1.92. The monoisotopic (exact) mass is 279 g/mol. The second-order valence-corrected chi connectivity index (χ2v) is 5.60. The molecule has 4 heteroatoms. The maximum atomic E-state index is 13.3. The van der Waals surface area contributed by atoms with E-state index in [2.05, 4.69) is 36.4 Å². The molecule has 1 aromatic carbocycles. The molecule has 0 unspecified atom stereocenters. The van der Waals surface area contributed by atoms with E-state index in [1.54, 1.807) is 19.2 Å². The van der Waals surface area contributed by atoms with Crippen LogP contribution < -0.4 is 10.6 Å². The first-order valence-corrected chi connectivity index (χ1v) is 7.20. The van der Waals surface area contributed by atoms with Crippen LogP contribution in [0.5, 0.6) is 0 Å². The largest absolute Gasteiger partial charge is 0.356 e. The van der Waals surface area contributed by atoms with Crippen LogP contribution in [0.1, 0.15) is 39.2 Å². The Morgan fingerprint density at radius 2 is 2.05 bits per heavy atom. The first kappa shape index (κ1) is 16.5. The SMILES string of the molecule is CCCCNC(=NC)NCC(C)(C)c1cccc(F)c1. The fraction of sp³-hybridized carbons (Fsp3) is 0.562. The average Bonchev–Trinajstić information content (AvgIpc) is 2.42. The summed E-state index contributed by atoms with van der Waals surface area (Å²) in [6, 6.07) is 6.77. The second kappa shape index (κ2) is 7.88. The van der Waals surface area contributed by atoms with Gasteiger partial charge in [0.2, 0.25) is 0 Å². The van der Waals surface area contributed by atoms with Crippen LogP contribution in [-0.2, 0) is 5.41 Å². The van der Waals surface area contributed by atoms with Gasteiger partial charge >= 0.3 is 0 Å². The average molecular weight is 279 g/mol. The van der Waals surface area contributed by atoms with Crippen LogP contribution in [0.3, 0.4) is 0 Å². The zero-order valence-electron chi connectivity index (χ0n) is 13.0. The third kappa shape index (κ3) is 5.19. The highest BCUT2D eigenvalue weighted by Gasteiger charge is 2.21. The van der Waals surface area contributed by atoms with Crippen LogP contribution >= 0.6 is 0 Å². The number of nitrogens with one attached hydrogen (secondary N) is 2. The zero-order chi connectivity index (χ0) is 15.0. The van der Waals surface area contributed by atoms with E-state index in [0.29, 0.717) is 6.54 Å². The standard InChI is InChI=1S/C16H26FN3/c1-5-6-10-19-15(18-4)20-12-16(2,3)13-8-7-9-14(17)11-13/h7-9,11H,5-6,10,12H2,1-4H3,(H2,18,19,20). The van der Waals surface area contributed by atoms with Crippen molar-refractivity contribution in [2.75, 3.05) is 20.1 Å². The Labute approximate surface area is 121 Å². The molecule has 2 N–H and O–H groups in total. The molecule has 1 rings (SSSR count). The van der Waals surface area contributed by atoms with Gasteiger partial charge in [0.25, 0.3) is 0 Å². The molecule has 0 aliphatic heterocycles. The lowest BCUT2D eigenvalue weighted by Crippen LogP contribution is -2.43. The van der Waals surface area contributed by atoms with E-state index in [4.69, 9.17) is 0 Å². The molecular weight excluding hydrogens is 253 g/mol. The van der Waals surface area contributed by atoms with E-state index >= 15 is 0 Å². The maximum absolute atomic E-state index is 13.3. The normalized spacial score (nSPS) is 12.3. The Kier molecular flexibility index (Phi) is 6.49. The Morgan fingerprint density at radius 1 is 1.30 bits per heavy atom. The van der Waals surface area contributed by atoms with Crippen molar-refractivity contribution in [3.63, 3.8) is 0 Å². The van der Waals surface area contributed by atoms with Crippen molar-refractivity contribution in [3.8, 4) is 0 Å². The first-order chi connectivity index (χ1) is 9.49. The molecule has 0 aromatic heterocycles. The summed E-state index contributed by atoms with van der Waals surface area (Å²) in [4.78, 5) is 4.19. The number of rotatable bonds is 6. The molecule has 0 spiro atoms. The molecule has 0 fully saturated rings. The molecule has 0 aliphatic carbocycles. The van der Waals surface area contributed by atoms with Gasteiger partial charge in [0.15, 0.2) is 5.96 Å². The Morgan fingerprint density at radius 3 is 2.65 bits per heavy atom. The smallest absolute Gasteiger partial charge is 0.191 e. The Bertz CT molecular complexity index is 441. The minimum absolute atomic E-state index is 0.162. The molecular formula is C16H26FN3. The third-order valence-electron chi connectivity index (χ3n) is 3.35. The number of benzene rings is 1. The van der Waals surface area contributed by atoms with Gasteiger partial charge in [-0.05, 0) is 24.1 Å². The van der Waals surface area contributed by atoms with Crippen LogP contribution in [-0.4, -0.2) is 26.1 Å². The van der Waals surface area contributed by atoms with Gasteiger partial charge in [-0.1, -0.05) is 39.3 Å². The van der Waals surface area contributed by atoms with E-state index in [1.807, 2.05) is 6.07 Å². The van der Waals surface area contributed by atoms with Crippen LogP contribution in [0.25, 0.3) is 0 Å². The molecule has 0 radical (unpaired) electrons. The lowest BCUT2D eigenvalue weighted by molar-refractivity contribution is 0.503. The van der Waals surface area contributed by atoms with Crippen LogP contribution in [0.15, 0.2) is 29.3 Å². The number of guanidine groups is 1. The molecule has 0 amide bonds. The summed E-state index contributed by atoms with van der Waals surface area (Å²) in [6.07, 6.45) is 2.27. The van der Waals surface area contributed by atoms with Gasteiger partial charge in [-0.2, -0.15) is 0 Å². The van der Waals surface area contributed by atoms with Gasteiger partial charge in [-0.25, -0.2) is 4.39 Å². The molecule has 1 aromatic rings. The maximum Gasteiger partial charge on any atom is 0.191 e. The molecule has 0 saturated carbocycles. The number of nitrogens with zero attached hydrogens (tertiary/aromatic N) is 1. The van der Waals surface area contributed by atoms with Gasteiger partial charge < -0.3 is 10.6 Å². The van der Waals surface area contributed by atoms with Gasteiger partial charge in [-0.3, -0.25) is 4.99 Å². The van der Waals surface area contributed by atoms with Crippen molar-refractivity contribution in [2.24, 2.45) is 4.99 Å². The summed E-state index contributed by atoms with van der Waals surface area (Å²) in [7, 11) is 1.76. The van der Waals surface area contributed by atoms with Crippen molar-refractivity contribution in [1.82, 2.24) is 10.6 Å². The summed E-state index contributed by atoms with van der Waals surface area (Å²) in [6.45, 7) is 7.95. The third-order valence-corrected chi connectivity index (χ3v) is 3.35. The first-order valence-electron chi connectivity index (χ1n) is 7.20. The Balaban J connectivity index is 2.58. The predicted octanol–water partition coefficient (Wildman–Crippen LogP) is 3.07. The molecule has 0 atom stereocenters. The van der Waals surface area contributed by atoms with E-state index < -0.39 is 0 Å². The van der Waals surface area contributed by atoms with E-state index in [1.165, 1.54) is 6.07 Å². The van der Waals surface area contributed by atoms with E-state index in [-0.39, 0.29) is 11.2 Å². The highest BCUT2D eigenvalue weighted by molar-refractivity contribution is 5.79. The van der Waals surface area contributed by atoms with E-state index in [9.17, 15) is 4.39 Å². The number of hydrogen-bond donors (Lipinski definition) is 2. The highest BCUT2D eigenvalue weighted by atomic mass is 19.1. The quantitative estimate of drug-likeness (QED) is 0.477. The van der Waals surface area contributed by atoms with Crippen LogP contribution in [0.4, 0.5) is 4.39 Å². The Hall–Kier alpha value is -1.58. The minimum Gasteiger partial charge on any atom is -0.356 e. The van der Waals surface area contributed by atoms with Gasteiger partial charge in [0.05, 0.1) is 0 Å². The zero-order valence-corrected chi connectivity index (χ0v) is 13.0. The van der Waals surface area contributed by atoms with Crippen molar-refractivity contribution in [3.05, 3.63) is 35.6 Å². The summed E-state index contributed by atoms with van der Waals surface area (Å²) in [5, 5.41) is 6.57. The summed E-state index contributed by atoms with van der Waals surface area (Å²) in [5.74, 6) is 0.601. The van der Waals surface area contributed by atoms with Crippen LogP contribution in [0, 0.1) is 5.82 Å². The molecule has 0 aliphatic rings. The molecule has 3 nitrogen and oxygen atoms in total. The predicted molar refractivity (Wildman–Crippen MR) is 83.7 cm³/mol. The number of halogens is 1. The second-order valence-electron chi connectivity index (χ2n) is 5.60. The molecule has 20 heavy (non-hydrogen) atoms. The van der Waals surface area contributed by atoms with Crippen molar-refractivity contribution in [1.29, 1.82) is 0 Å². The number of hydrogen-bond acceptors (Lipinski definition) is 1. The van der Waals surface area contributed by atoms with Crippen molar-refractivity contribution >= 4 is 5.96 Å². The summed E-state index contributed by atoms with van der Waals surface area (Å²) < 4.78 is 13.3. The number of unbranched alkanes of at least 4 members (excludes halogenated alkanes) is 1. The lowest BCUT2D eigenvalue weighted by Gasteiger charge is -2.26. The molecule has 112 valence electrons. The molecule has 0 saturated heterocycles. The molecule has 0 heterocycles. The van der Waals surface area contributed by atoms with Crippen molar-refractivity contribution < 1.29 is 4.39 Å². The number of aliphatic imine (C=N–C) groups is 1. The van der Waals surface area contributed by atoms with Gasteiger partial charge in [0, 0.05) is 25.6 Å².